The lowest BCUT2D eigenvalue weighted by Gasteiger charge is -2.18. The fourth-order valence-corrected chi connectivity index (χ4v) is 2.01. The van der Waals surface area contributed by atoms with E-state index in [1.54, 1.807) is 12.4 Å². The summed E-state index contributed by atoms with van der Waals surface area (Å²) in [6.07, 6.45) is 4.89. The molecule has 3 aromatic rings. The molecule has 0 saturated heterocycles. The van der Waals surface area contributed by atoms with Crippen molar-refractivity contribution in [2.75, 3.05) is 11.9 Å². The average molecular weight is 268 g/mol. The number of amides is 1. The molecule has 2 heterocycles. The third-order valence-electron chi connectivity index (χ3n) is 3.10. The monoisotopic (exact) mass is 268 g/mol. The maximum absolute atomic E-state index is 11.3. The first-order valence-corrected chi connectivity index (χ1v) is 5.93. The van der Waals surface area contributed by atoms with E-state index in [1.807, 2.05) is 30.1 Å². The zero-order chi connectivity index (χ0) is 14.1. The highest BCUT2D eigenvalue weighted by molar-refractivity contribution is 6.04. The van der Waals surface area contributed by atoms with Crippen LogP contribution < -0.4 is 10.6 Å². The lowest BCUT2D eigenvalue weighted by molar-refractivity contribution is 0.0997. The van der Waals surface area contributed by atoms with Gasteiger partial charge in [-0.2, -0.15) is 5.10 Å². The third kappa shape index (κ3) is 1.95. The van der Waals surface area contributed by atoms with E-state index in [1.165, 1.54) is 6.33 Å². The summed E-state index contributed by atoms with van der Waals surface area (Å²) in [6, 6.07) is 5.62. The summed E-state index contributed by atoms with van der Waals surface area (Å²) in [4.78, 5) is 21.2. The molecule has 0 aliphatic carbocycles. The summed E-state index contributed by atoms with van der Waals surface area (Å²) in [5, 5.41) is 7.40. The second-order valence-electron chi connectivity index (χ2n) is 4.32. The van der Waals surface area contributed by atoms with Crippen molar-refractivity contribution >= 4 is 28.2 Å². The number of aromatic amines is 1. The maximum Gasteiger partial charge on any atom is 0.269 e. The Labute approximate surface area is 114 Å². The van der Waals surface area contributed by atoms with Crippen LogP contribution in [-0.2, 0) is 0 Å². The van der Waals surface area contributed by atoms with Crippen LogP contribution in [0.4, 0.5) is 11.4 Å². The predicted molar refractivity (Wildman–Crippen MR) is 74.7 cm³/mol. The number of aromatic nitrogens is 4. The first-order valence-electron chi connectivity index (χ1n) is 5.93. The van der Waals surface area contributed by atoms with Crippen LogP contribution in [0.25, 0.3) is 10.9 Å². The molecule has 3 N–H and O–H groups in total. The highest BCUT2D eigenvalue weighted by Gasteiger charge is 2.13. The largest absolute Gasteiger partial charge is 0.364 e. The SMILES string of the molecule is CN(c1cncnc1)c1ccc2[nH]nc(C(N)=O)c2c1. The molecule has 7 heteroatoms. The van der Waals surface area contributed by atoms with Crippen LogP contribution in [0, 0.1) is 0 Å². The predicted octanol–water partition coefficient (Wildman–Crippen LogP) is 1.22. The van der Waals surface area contributed by atoms with Crippen molar-refractivity contribution in [3.63, 3.8) is 0 Å². The molecule has 7 nitrogen and oxygen atoms in total. The van der Waals surface area contributed by atoms with Crippen LogP contribution in [0.2, 0.25) is 0 Å². The van der Waals surface area contributed by atoms with Crippen molar-refractivity contribution in [1.82, 2.24) is 20.2 Å². The van der Waals surface area contributed by atoms with Crippen molar-refractivity contribution in [2.45, 2.75) is 0 Å². The second-order valence-corrected chi connectivity index (χ2v) is 4.32. The fraction of sp³-hybridized carbons (Fsp3) is 0.0769. The quantitative estimate of drug-likeness (QED) is 0.743. The Hall–Kier alpha value is -2.96. The molecule has 20 heavy (non-hydrogen) atoms. The van der Waals surface area contributed by atoms with Crippen LogP contribution in [0.15, 0.2) is 36.9 Å². The van der Waals surface area contributed by atoms with Gasteiger partial charge in [0.2, 0.25) is 0 Å². The van der Waals surface area contributed by atoms with Gasteiger partial charge in [0, 0.05) is 18.1 Å². The Morgan fingerprint density at radius 2 is 2.00 bits per heavy atom. The van der Waals surface area contributed by atoms with Crippen LogP contribution in [0.5, 0.6) is 0 Å². The van der Waals surface area contributed by atoms with Crippen LogP contribution >= 0.6 is 0 Å². The average Bonchev–Trinajstić information content (AvgIpc) is 2.90. The van der Waals surface area contributed by atoms with Crippen molar-refractivity contribution in [3.8, 4) is 0 Å². The number of nitrogens with one attached hydrogen (secondary N) is 1. The standard InChI is InChI=1S/C13H12N6O/c1-19(9-5-15-7-16-6-9)8-2-3-11-10(4-8)12(13(14)20)18-17-11/h2-7H,1H3,(H2,14,20)(H,17,18). The molecule has 100 valence electrons. The van der Waals surface area contributed by atoms with Gasteiger partial charge in [0.15, 0.2) is 5.69 Å². The number of rotatable bonds is 3. The number of hydrogen-bond donors (Lipinski definition) is 2. The van der Waals surface area contributed by atoms with Gasteiger partial charge in [-0.05, 0) is 18.2 Å². The number of nitrogens with two attached hydrogens (primary N) is 1. The highest BCUT2D eigenvalue weighted by atomic mass is 16.1. The molecule has 0 radical (unpaired) electrons. The number of fused-ring (bicyclic) bond motifs is 1. The number of anilines is 2. The normalized spacial score (nSPS) is 10.7. The van der Waals surface area contributed by atoms with Crippen LogP contribution in [0.1, 0.15) is 10.5 Å². The number of H-pyrrole nitrogens is 1. The minimum atomic E-state index is -0.556. The Morgan fingerprint density at radius 1 is 1.25 bits per heavy atom. The molecular weight excluding hydrogens is 256 g/mol. The molecule has 2 aromatic heterocycles. The first-order chi connectivity index (χ1) is 9.66. The zero-order valence-corrected chi connectivity index (χ0v) is 10.7. The van der Waals surface area contributed by atoms with Gasteiger partial charge >= 0.3 is 0 Å². The van der Waals surface area contributed by atoms with Crippen molar-refractivity contribution in [3.05, 3.63) is 42.6 Å². The fourth-order valence-electron chi connectivity index (χ4n) is 2.01. The van der Waals surface area contributed by atoms with Crippen molar-refractivity contribution in [1.29, 1.82) is 0 Å². The lowest BCUT2D eigenvalue weighted by atomic mass is 10.1. The second kappa shape index (κ2) is 4.61. The van der Waals surface area contributed by atoms with Gasteiger partial charge in [-0.1, -0.05) is 0 Å². The van der Waals surface area contributed by atoms with Crippen molar-refractivity contribution < 1.29 is 4.79 Å². The van der Waals surface area contributed by atoms with Gasteiger partial charge in [-0.3, -0.25) is 9.89 Å². The molecule has 0 bridgehead atoms. The minimum Gasteiger partial charge on any atom is -0.364 e. The molecule has 0 aliphatic rings. The summed E-state index contributed by atoms with van der Waals surface area (Å²) >= 11 is 0. The summed E-state index contributed by atoms with van der Waals surface area (Å²) < 4.78 is 0. The molecule has 0 saturated carbocycles. The Morgan fingerprint density at radius 3 is 2.70 bits per heavy atom. The van der Waals surface area contributed by atoms with E-state index >= 15 is 0 Å². The number of nitrogens with zero attached hydrogens (tertiary/aromatic N) is 4. The minimum absolute atomic E-state index is 0.236. The van der Waals surface area contributed by atoms with Gasteiger partial charge in [0.1, 0.15) is 6.33 Å². The topological polar surface area (TPSA) is 101 Å². The number of carbonyl (C=O) groups excluding carboxylic acids is 1. The Kier molecular flexibility index (Phi) is 2.79. The van der Waals surface area contributed by atoms with E-state index in [0.717, 1.165) is 16.9 Å². The summed E-state index contributed by atoms with van der Waals surface area (Å²) in [5.74, 6) is -0.556. The number of carbonyl (C=O) groups is 1. The van der Waals surface area contributed by atoms with Gasteiger partial charge in [-0.15, -0.1) is 0 Å². The Balaban J connectivity index is 2.08. The number of hydrogen-bond acceptors (Lipinski definition) is 5. The molecule has 0 unspecified atom stereocenters. The molecule has 0 aliphatic heterocycles. The van der Waals surface area contributed by atoms with E-state index in [9.17, 15) is 4.79 Å². The van der Waals surface area contributed by atoms with Crippen LogP contribution in [-0.4, -0.2) is 33.1 Å². The molecule has 1 aromatic carbocycles. The molecule has 0 spiro atoms. The van der Waals surface area contributed by atoms with Gasteiger partial charge in [-0.25, -0.2) is 9.97 Å². The lowest BCUT2D eigenvalue weighted by Crippen LogP contribution is -2.12. The van der Waals surface area contributed by atoms with Crippen molar-refractivity contribution in [2.24, 2.45) is 5.73 Å². The van der Waals surface area contributed by atoms with E-state index in [0.29, 0.717) is 5.39 Å². The third-order valence-corrected chi connectivity index (χ3v) is 3.10. The van der Waals surface area contributed by atoms with Crippen LogP contribution in [0.3, 0.4) is 0 Å². The molecule has 1 amide bonds. The number of benzene rings is 1. The Bertz CT molecular complexity index is 767. The summed E-state index contributed by atoms with van der Waals surface area (Å²) in [5.41, 5.74) is 8.04. The first kappa shape index (κ1) is 12.1. The maximum atomic E-state index is 11.3. The molecule has 3 rings (SSSR count). The van der Waals surface area contributed by atoms with E-state index in [4.69, 9.17) is 5.73 Å². The van der Waals surface area contributed by atoms with Gasteiger partial charge < -0.3 is 10.6 Å². The molecule has 0 fully saturated rings. The van der Waals surface area contributed by atoms with Gasteiger partial charge in [0.05, 0.1) is 23.6 Å². The summed E-state index contributed by atoms with van der Waals surface area (Å²) in [7, 11) is 1.89. The van der Waals surface area contributed by atoms with E-state index < -0.39 is 5.91 Å². The summed E-state index contributed by atoms with van der Waals surface area (Å²) in [6.45, 7) is 0. The molecular formula is C13H12N6O. The zero-order valence-electron chi connectivity index (χ0n) is 10.7. The van der Waals surface area contributed by atoms with E-state index in [2.05, 4.69) is 20.2 Å². The molecule has 0 atom stereocenters. The number of primary amides is 1. The highest BCUT2D eigenvalue weighted by Crippen LogP contribution is 2.26. The van der Waals surface area contributed by atoms with Gasteiger partial charge in [0.25, 0.3) is 5.91 Å². The van der Waals surface area contributed by atoms with E-state index in [-0.39, 0.29) is 5.69 Å². The smallest absolute Gasteiger partial charge is 0.269 e.